The minimum atomic E-state index is -0.477. The van der Waals surface area contributed by atoms with E-state index >= 15 is 0 Å². The lowest BCUT2D eigenvalue weighted by Crippen LogP contribution is -2.35. The molecule has 1 heterocycles. The number of piperidine rings is 1. The highest BCUT2D eigenvalue weighted by atomic mass is 35.5. The zero-order valence-electron chi connectivity index (χ0n) is 20.4. The first-order chi connectivity index (χ1) is 17.9. The summed E-state index contributed by atoms with van der Waals surface area (Å²) in [6.45, 7) is 1.74. The minimum absolute atomic E-state index is 0.141. The van der Waals surface area contributed by atoms with Crippen LogP contribution in [0.5, 0.6) is 5.75 Å². The summed E-state index contributed by atoms with van der Waals surface area (Å²) >= 11 is 6.23. The molecule has 4 rings (SSSR count). The summed E-state index contributed by atoms with van der Waals surface area (Å²) in [4.78, 5) is 28.3. The maximum atomic E-state index is 13.2. The molecule has 3 aromatic carbocycles. The van der Waals surface area contributed by atoms with Crippen molar-refractivity contribution in [2.45, 2.75) is 19.3 Å². The Morgan fingerprint density at radius 3 is 2.22 bits per heavy atom. The quantitative estimate of drug-likeness (QED) is 0.225. The first kappa shape index (κ1) is 25.8. The molecule has 3 N–H and O–H groups in total. The Morgan fingerprint density at radius 1 is 0.946 bits per heavy atom. The van der Waals surface area contributed by atoms with Gasteiger partial charge in [-0.1, -0.05) is 29.7 Å². The van der Waals surface area contributed by atoms with E-state index in [-0.39, 0.29) is 22.0 Å². The van der Waals surface area contributed by atoms with Gasteiger partial charge in [-0.3, -0.25) is 15.0 Å². The number of hydrogen-bond acceptors (Lipinski definition) is 4. The van der Waals surface area contributed by atoms with Crippen LogP contribution >= 0.6 is 11.6 Å². The molecule has 1 aliphatic heterocycles. The van der Waals surface area contributed by atoms with Gasteiger partial charge in [-0.05, 0) is 61.7 Å². The molecule has 0 aromatic heterocycles. The fraction of sp³-hybridized carbons (Fsp3) is 0.207. The van der Waals surface area contributed by atoms with Gasteiger partial charge >= 0.3 is 0 Å². The number of halogens is 1. The summed E-state index contributed by atoms with van der Waals surface area (Å²) in [5, 5.41) is 14.4. The van der Waals surface area contributed by atoms with E-state index in [1.807, 2.05) is 0 Å². The molecule has 0 unspecified atom stereocenters. The molecule has 0 aliphatic carbocycles. The van der Waals surface area contributed by atoms with Crippen LogP contribution in [0, 0.1) is 17.8 Å². The Kier molecular flexibility index (Phi) is 8.11. The van der Waals surface area contributed by atoms with Crippen LogP contribution in [-0.4, -0.2) is 42.7 Å². The van der Waals surface area contributed by atoms with Crippen molar-refractivity contribution in [1.29, 1.82) is 5.41 Å². The highest BCUT2D eigenvalue weighted by molar-refractivity contribution is 6.31. The van der Waals surface area contributed by atoms with Gasteiger partial charge in [0.25, 0.3) is 11.8 Å². The average molecular weight is 515 g/mol. The van der Waals surface area contributed by atoms with Gasteiger partial charge in [0.1, 0.15) is 11.6 Å². The number of ether oxygens (including phenoxy) is 1. The number of rotatable bonds is 6. The lowest BCUT2D eigenvalue weighted by Gasteiger charge is -2.29. The van der Waals surface area contributed by atoms with Crippen molar-refractivity contribution >= 4 is 40.6 Å². The van der Waals surface area contributed by atoms with Gasteiger partial charge in [-0.2, -0.15) is 0 Å². The maximum Gasteiger partial charge on any atom is 0.257 e. The Hall–Kier alpha value is -4.28. The zero-order chi connectivity index (χ0) is 26.4. The predicted molar refractivity (Wildman–Crippen MR) is 147 cm³/mol. The maximum absolute atomic E-state index is 13.2. The lowest BCUT2D eigenvalue weighted by molar-refractivity contribution is 0.102. The van der Waals surface area contributed by atoms with E-state index in [1.165, 1.54) is 25.7 Å². The summed E-state index contributed by atoms with van der Waals surface area (Å²) in [5.74, 6) is 2.33. The van der Waals surface area contributed by atoms with E-state index in [4.69, 9.17) is 28.2 Å². The van der Waals surface area contributed by atoms with Gasteiger partial charge in [0.2, 0.25) is 0 Å². The number of amidine groups is 1. The Bertz CT molecular complexity index is 1360. The third-order valence-corrected chi connectivity index (χ3v) is 6.39. The summed E-state index contributed by atoms with van der Waals surface area (Å²) < 4.78 is 5.42. The van der Waals surface area contributed by atoms with E-state index in [1.54, 1.807) is 48.5 Å². The normalized spacial score (nSPS) is 12.8. The number of methoxy groups -OCH3 is 1. The molecule has 37 heavy (non-hydrogen) atoms. The topological polar surface area (TPSA) is 94.5 Å². The van der Waals surface area contributed by atoms with Crippen LogP contribution in [0.25, 0.3) is 0 Å². The molecule has 0 bridgehead atoms. The highest BCUT2D eigenvalue weighted by Crippen LogP contribution is 2.33. The number of benzene rings is 3. The summed E-state index contributed by atoms with van der Waals surface area (Å²) in [6, 6.07) is 16.7. The van der Waals surface area contributed by atoms with Crippen LogP contribution in [0.1, 0.15) is 51.1 Å². The predicted octanol–water partition coefficient (Wildman–Crippen LogP) is 5.65. The number of nitrogens with one attached hydrogen (secondary N) is 3. The van der Waals surface area contributed by atoms with Crippen LogP contribution in [0.15, 0.2) is 60.7 Å². The number of anilines is 2. The van der Waals surface area contributed by atoms with Crippen molar-refractivity contribution in [3.8, 4) is 18.1 Å². The second-order valence-corrected chi connectivity index (χ2v) is 9.07. The molecular formula is C29H27ClN4O3. The number of terminal acetylenes is 1. The third-order valence-electron chi connectivity index (χ3n) is 6.17. The van der Waals surface area contributed by atoms with Crippen LogP contribution < -0.4 is 15.4 Å². The Morgan fingerprint density at radius 2 is 1.59 bits per heavy atom. The van der Waals surface area contributed by atoms with Crippen LogP contribution in [0.2, 0.25) is 5.02 Å². The van der Waals surface area contributed by atoms with Crippen LogP contribution in [0.3, 0.4) is 0 Å². The van der Waals surface area contributed by atoms with Gasteiger partial charge in [-0.25, -0.2) is 0 Å². The molecule has 0 saturated carbocycles. The SMILES string of the molecule is C#Cc1ccc(NC(=O)c2cc(Cl)cc(OC)c2NC(=O)c2ccc(C(=N)N3CCCCC3)cc2)cc1. The van der Waals surface area contributed by atoms with E-state index in [0.29, 0.717) is 22.6 Å². The Balaban J connectivity index is 1.55. The molecule has 0 radical (unpaired) electrons. The van der Waals surface area contributed by atoms with Crippen molar-refractivity contribution in [1.82, 2.24) is 4.90 Å². The van der Waals surface area contributed by atoms with Gasteiger partial charge < -0.3 is 20.3 Å². The molecule has 188 valence electrons. The number of amides is 2. The van der Waals surface area contributed by atoms with Crippen molar-refractivity contribution in [2.75, 3.05) is 30.8 Å². The first-order valence-corrected chi connectivity index (χ1v) is 12.3. The van der Waals surface area contributed by atoms with Gasteiger partial charge in [0, 0.05) is 46.6 Å². The molecule has 0 spiro atoms. The summed E-state index contributed by atoms with van der Waals surface area (Å²) in [6.07, 6.45) is 8.75. The molecule has 1 aliphatic rings. The van der Waals surface area contributed by atoms with E-state index < -0.39 is 11.8 Å². The van der Waals surface area contributed by atoms with E-state index in [0.717, 1.165) is 31.5 Å². The van der Waals surface area contributed by atoms with E-state index in [9.17, 15) is 9.59 Å². The van der Waals surface area contributed by atoms with Crippen LogP contribution in [0.4, 0.5) is 11.4 Å². The van der Waals surface area contributed by atoms with Crippen LogP contribution in [-0.2, 0) is 0 Å². The number of hydrogen-bond donors (Lipinski definition) is 3. The average Bonchev–Trinajstić information content (AvgIpc) is 2.94. The molecule has 7 nitrogen and oxygen atoms in total. The fourth-order valence-corrected chi connectivity index (χ4v) is 4.37. The second kappa shape index (κ2) is 11.6. The lowest BCUT2D eigenvalue weighted by atomic mass is 10.1. The van der Waals surface area contributed by atoms with Crippen molar-refractivity contribution in [2.24, 2.45) is 0 Å². The summed E-state index contributed by atoms with van der Waals surface area (Å²) in [7, 11) is 1.43. The standard InChI is InChI=1S/C29H27ClN4O3/c1-3-19-7-13-23(14-8-19)32-29(36)24-17-22(30)18-25(37-2)26(24)33-28(35)21-11-9-20(10-12-21)27(31)34-15-5-4-6-16-34/h1,7-14,17-18,31H,4-6,15-16H2,2H3,(H,32,36)(H,33,35). The first-order valence-electron chi connectivity index (χ1n) is 11.9. The van der Waals surface area contributed by atoms with E-state index in [2.05, 4.69) is 21.5 Å². The number of nitrogens with zero attached hydrogens (tertiary/aromatic N) is 1. The largest absolute Gasteiger partial charge is 0.494 e. The summed E-state index contributed by atoms with van der Waals surface area (Å²) in [5.41, 5.74) is 2.68. The molecular weight excluding hydrogens is 488 g/mol. The van der Waals surface area contributed by atoms with Gasteiger partial charge in [-0.15, -0.1) is 6.42 Å². The molecule has 2 amide bonds. The molecule has 0 atom stereocenters. The van der Waals surface area contributed by atoms with Crippen molar-refractivity contribution in [3.05, 3.63) is 87.9 Å². The second-order valence-electron chi connectivity index (χ2n) is 8.63. The Labute approximate surface area is 221 Å². The number of likely N-dealkylation sites (tertiary alicyclic amines) is 1. The number of carbonyl (C=O) groups excluding carboxylic acids is 2. The minimum Gasteiger partial charge on any atom is -0.494 e. The zero-order valence-corrected chi connectivity index (χ0v) is 21.2. The smallest absolute Gasteiger partial charge is 0.257 e. The highest BCUT2D eigenvalue weighted by Gasteiger charge is 2.21. The number of carbonyl (C=O) groups is 2. The molecule has 3 aromatic rings. The fourth-order valence-electron chi connectivity index (χ4n) is 4.16. The molecule has 8 heteroatoms. The van der Waals surface area contributed by atoms with Crippen molar-refractivity contribution in [3.63, 3.8) is 0 Å². The van der Waals surface area contributed by atoms with Crippen molar-refractivity contribution < 1.29 is 14.3 Å². The molecule has 1 fully saturated rings. The molecule has 1 saturated heterocycles. The van der Waals surface area contributed by atoms with Gasteiger partial charge in [0.15, 0.2) is 0 Å². The monoisotopic (exact) mass is 514 g/mol. The third kappa shape index (κ3) is 6.11. The van der Waals surface area contributed by atoms with Gasteiger partial charge in [0.05, 0.1) is 18.4 Å².